The molecule has 4 unspecified atom stereocenters. The first-order valence-corrected chi connectivity index (χ1v) is 12.2. The summed E-state index contributed by atoms with van der Waals surface area (Å²) in [6, 6.07) is 2.69. The number of amides is 4. The minimum absolute atomic E-state index is 0.0701. The van der Waals surface area contributed by atoms with E-state index in [4.69, 9.17) is 10.5 Å². The van der Waals surface area contributed by atoms with E-state index in [9.17, 15) is 24.0 Å². The maximum atomic E-state index is 14.0. The third kappa shape index (κ3) is 8.47. The van der Waals surface area contributed by atoms with Gasteiger partial charge in [-0.1, -0.05) is 30.7 Å². The van der Waals surface area contributed by atoms with Crippen molar-refractivity contribution in [3.8, 4) is 0 Å². The minimum atomic E-state index is -1.36. The Morgan fingerprint density at radius 1 is 1.16 bits per heavy atom. The summed E-state index contributed by atoms with van der Waals surface area (Å²) in [6.45, 7) is 10.2. The van der Waals surface area contributed by atoms with Gasteiger partial charge in [0, 0.05) is 6.04 Å². The Kier molecular flexibility index (Phi) is 9.66. The smallest absolute Gasteiger partial charge is 0.408 e. The number of benzene rings is 1. The first-order valence-electron chi connectivity index (χ1n) is 12.2. The first kappa shape index (κ1) is 29.6. The molecule has 0 spiro atoms. The molecule has 0 bridgehead atoms. The maximum Gasteiger partial charge on any atom is 0.408 e. The van der Waals surface area contributed by atoms with Crippen molar-refractivity contribution in [1.82, 2.24) is 15.5 Å². The molecule has 1 aromatic carbocycles. The van der Waals surface area contributed by atoms with E-state index in [0.29, 0.717) is 12.0 Å². The molecule has 0 radical (unpaired) electrons. The second-order valence-corrected chi connectivity index (χ2v) is 10.5. The Morgan fingerprint density at radius 3 is 2.30 bits per heavy atom. The average Bonchev–Trinajstić information content (AvgIpc) is 3.50. The minimum Gasteiger partial charge on any atom is -0.468 e. The highest BCUT2D eigenvalue weighted by atomic mass is 16.6. The Morgan fingerprint density at radius 2 is 1.78 bits per heavy atom. The summed E-state index contributed by atoms with van der Waals surface area (Å²) in [5, 5.41) is 5.01. The molecule has 0 heterocycles. The van der Waals surface area contributed by atoms with Crippen LogP contribution >= 0.6 is 0 Å². The lowest BCUT2D eigenvalue weighted by atomic mass is 9.95. The molecule has 11 heteroatoms. The molecule has 1 aliphatic rings. The Bertz CT molecular complexity index is 1050. The van der Waals surface area contributed by atoms with Gasteiger partial charge in [0.1, 0.15) is 24.2 Å². The summed E-state index contributed by atoms with van der Waals surface area (Å²) in [7, 11) is 1.20. The van der Waals surface area contributed by atoms with Crippen LogP contribution in [-0.2, 0) is 28.7 Å². The number of esters is 1. The second kappa shape index (κ2) is 12.1. The van der Waals surface area contributed by atoms with Crippen LogP contribution in [0.15, 0.2) is 18.2 Å². The fourth-order valence-electron chi connectivity index (χ4n) is 4.00. The number of aryl methyl sites for hydroxylation is 2. The van der Waals surface area contributed by atoms with Gasteiger partial charge in [0.2, 0.25) is 17.7 Å². The number of methoxy groups -OCH3 is 1. The molecule has 37 heavy (non-hydrogen) atoms. The van der Waals surface area contributed by atoms with Gasteiger partial charge in [-0.2, -0.15) is 0 Å². The number of carbonyl (C=O) groups excluding carboxylic acids is 5. The molecule has 4 amide bonds. The quantitative estimate of drug-likeness (QED) is 0.397. The Balaban J connectivity index is 2.54. The Labute approximate surface area is 217 Å². The summed E-state index contributed by atoms with van der Waals surface area (Å²) in [4.78, 5) is 65.1. The van der Waals surface area contributed by atoms with E-state index in [1.165, 1.54) is 12.0 Å². The highest BCUT2D eigenvalue weighted by molar-refractivity contribution is 5.95. The number of rotatable bonds is 10. The molecule has 1 aromatic rings. The van der Waals surface area contributed by atoms with Crippen LogP contribution in [0.25, 0.3) is 0 Å². The van der Waals surface area contributed by atoms with Gasteiger partial charge in [-0.3, -0.25) is 19.2 Å². The first-order chi connectivity index (χ1) is 17.1. The van der Waals surface area contributed by atoms with Crippen molar-refractivity contribution in [3.63, 3.8) is 0 Å². The average molecular weight is 519 g/mol. The molecule has 0 aromatic heterocycles. The molecule has 0 saturated heterocycles. The van der Waals surface area contributed by atoms with Crippen molar-refractivity contribution in [3.05, 3.63) is 34.9 Å². The van der Waals surface area contributed by atoms with Gasteiger partial charge in [-0.15, -0.1) is 0 Å². The fourth-order valence-corrected chi connectivity index (χ4v) is 4.00. The second-order valence-electron chi connectivity index (χ2n) is 10.5. The molecular formula is C26H38N4O7. The number of nitrogens with two attached hydrogens (primary N) is 1. The van der Waals surface area contributed by atoms with E-state index < -0.39 is 53.9 Å². The summed E-state index contributed by atoms with van der Waals surface area (Å²) in [5.74, 6) is -2.64. The monoisotopic (exact) mass is 518 g/mol. The van der Waals surface area contributed by atoms with E-state index in [1.807, 2.05) is 32.9 Å². The molecule has 1 aliphatic carbocycles. The summed E-state index contributed by atoms with van der Waals surface area (Å²) < 4.78 is 9.91. The lowest BCUT2D eigenvalue weighted by molar-refractivity contribution is -0.146. The number of alkyl carbamates (subject to hydrolysis) is 1. The van der Waals surface area contributed by atoms with Gasteiger partial charge in [0.25, 0.3) is 0 Å². The molecule has 0 aliphatic heterocycles. The van der Waals surface area contributed by atoms with Crippen molar-refractivity contribution in [1.29, 1.82) is 0 Å². The SMILES string of the molecule is COC(=O)CNC(=O)C(c1cc(C)ccc1C)N(C(=O)C(CC(N)=O)NC(=O)OC(C)(C)C)C1CC1C. The van der Waals surface area contributed by atoms with Crippen LogP contribution in [0, 0.1) is 19.8 Å². The van der Waals surface area contributed by atoms with E-state index in [2.05, 4.69) is 15.4 Å². The number of hydrogen-bond donors (Lipinski definition) is 3. The highest BCUT2D eigenvalue weighted by Gasteiger charge is 2.48. The van der Waals surface area contributed by atoms with Crippen molar-refractivity contribution in [2.75, 3.05) is 13.7 Å². The van der Waals surface area contributed by atoms with Crippen LogP contribution < -0.4 is 16.4 Å². The number of carbonyl (C=O) groups is 5. The molecule has 204 valence electrons. The summed E-state index contributed by atoms with van der Waals surface area (Å²) in [6.07, 6.45) is -0.763. The predicted octanol–water partition coefficient (Wildman–Crippen LogP) is 1.64. The molecular weight excluding hydrogens is 480 g/mol. The zero-order chi connectivity index (χ0) is 28.1. The molecule has 2 rings (SSSR count). The highest BCUT2D eigenvalue weighted by Crippen LogP contribution is 2.41. The molecule has 1 saturated carbocycles. The maximum absolute atomic E-state index is 14.0. The van der Waals surface area contributed by atoms with Crippen molar-refractivity contribution < 1.29 is 33.4 Å². The lowest BCUT2D eigenvalue weighted by Gasteiger charge is -2.35. The van der Waals surface area contributed by atoms with E-state index >= 15 is 0 Å². The van der Waals surface area contributed by atoms with E-state index in [-0.39, 0.29) is 18.5 Å². The van der Waals surface area contributed by atoms with Gasteiger partial charge in [-0.05, 0) is 58.1 Å². The van der Waals surface area contributed by atoms with Gasteiger partial charge >= 0.3 is 12.1 Å². The lowest BCUT2D eigenvalue weighted by Crippen LogP contribution is -2.55. The summed E-state index contributed by atoms with van der Waals surface area (Å²) in [5.41, 5.74) is 6.74. The number of primary amides is 1. The number of nitrogens with one attached hydrogen (secondary N) is 2. The number of hydrogen-bond acceptors (Lipinski definition) is 7. The molecule has 1 fully saturated rings. The van der Waals surface area contributed by atoms with Crippen LogP contribution in [0.2, 0.25) is 0 Å². The van der Waals surface area contributed by atoms with Crippen molar-refractivity contribution in [2.45, 2.75) is 78.1 Å². The van der Waals surface area contributed by atoms with Crippen LogP contribution in [0.1, 0.15) is 63.3 Å². The van der Waals surface area contributed by atoms with Gasteiger partial charge in [0.05, 0.1) is 13.5 Å². The third-order valence-corrected chi connectivity index (χ3v) is 5.96. The largest absolute Gasteiger partial charge is 0.468 e. The number of ether oxygens (including phenoxy) is 2. The zero-order valence-electron chi connectivity index (χ0n) is 22.5. The summed E-state index contributed by atoms with van der Waals surface area (Å²) >= 11 is 0. The van der Waals surface area contributed by atoms with E-state index in [1.54, 1.807) is 26.8 Å². The normalized spacial score (nSPS) is 18.1. The van der Waals surface area contributed by atoms with Crippen LogP contribution in [0.3, 0.4) is 0 Å². The van der Waals surface area contributed by atoms with Gasteiger partial charge in [0.15, 0.2) is 0 Å². The number of nitrogens with zero attached hydrogens (tertiary/aromatic N) is 1. The van der Waals surface area contributed by atoms with Crippen LogP contribution in [0.4, 0.5) is 4.79 Å². The Hall–Kier alpha value is -3.63. The standard InChI is InChI=1S/C26H38N4O7/c1-14-8-9-15(2)17(10-14)22(23(33)28-13-21(32)36-7)30(19-11-16(19)3)24(34)18(12-20(27)31)29-25(35)37-26(4,5)6/h8-10,16,18-19,22H,11-13H2,1-7H3,(H2,27,31)(H,28,33)(H,29,35). The molecule has 11 nitrogen and oxygen atoms in total. The zero-order valence-corrected chi connectivity index (χ0v) is 22.5. The van der Waals surface area contributed by atoms with Crippen LogP contribution in [0.5, 0.6) is 0 Å². The van der Waals surface area contributed by atoms with Gasteiger partial charge in [-0.25, -0.2) is 4.79 Å². The van der Waals surface area contributed by atoms with E-state index in [0.717, 1.165) is 11.1 Å². The predicted molar refractivity (Wildman–Crippen MR) is 135 cm³/mol. The third-order valence-electron chi connectivity index (χ3n) is 5.96. The van der Waals surface area contributed by atoms with Crippen molar-refractivity contribution >= 4 is 29.8 Å². The topological polar surface area (TPSA) is 157 Å². The van der Waals surface area contributed by atoms with Crippen molar-refractivity contribution in [2.24, 2.45) is 11.7 Å². The molecule has 4 atom stereocenters. The van der Waals surface area contributed by atoms with Gasteiger partial charge < -0.3 is 30.7 Å². The molecule has 4 N–H and O–H groups in total. The fraction of sp³-hybridized carbons (Fsp3) is 0.577. The van der Waals surface area contributed by atoms with Crippen LogP contribution in [-0.4, -0.2) is 66.0 Å².